The summed E-state index contributed by atoms with van der Waals surface area (Å²) in [4.78, 5) is 25.2. The van der Waals surface area contributed by atoms with Gasteiger partial charge in [0.15, 0.2) is 17.6 Å². The number of nitrogens with one attached hydrogen (secondary N) is 1. The lowest BCUT2D eigenvalue weighted by molar-refractivity contribution is -0.130. The number of carbonyl (C=O) groups excluding carboxylic acids is 2. The number of ether oxygens (including phenoxy) is 4. The largest absolute Gasteiger partial charge is 0.493 e. The van der Waals surface area contributed by atoms with Gasteiger partial charge in [0.25, 0.3) is 5.91 Å². The molecular weight excluding hydrogens is 362 g/mol. The Morgan fingerprint density at radius 3 is 2.32 bits per heavy atom. The molecule has 0 saturated heterocycles. The van der Waals surface area contributed by atoms with E-state index in [0.717, 1.165) is 12.8 Å². The fourth-order valence-corrected chi connectivity index (χ4v) is 3.63. The molecule has 2 rings (SSSR count). The molecule has 1 aromatic rings. The van der Waals surface area contributed by atoms with Gasteiger partial charge in [-0.25, -0.2) is 4.79 Å². The van der Waals surface area contributed by atoms with E-state index in [2.05, 4.69) is 19.2 Å². The van der Waals surface area contributed by atoms with Crippen LogP contribution in [-0.2, 0) is 9.53 Å². The number of hydrogen-bond donors (Lipinski definition) is 1. The molecule has 1 saturated carbocycles. The minimum Gasteiger partial charge on any atom is -0.493 e. The summed E-state index contributed by atoms with van der Waals surface area (Å²) in [6.07, 6.45) is 2.29. The van der Waals surface area contributed by atoms with Crippen molar-refractivity contribution in [1.82, 2.24) is 5.32 Å². The maximum Gasteiger partial charge on any atom is 0.342 e. The predicted octanol–water partition coefficient (Wildman–Crippen LogP) is 3.20. The summed E-state index contributed by atoms with van der Waals surface area (Å²) in [5, 5.41) is 3.03. The summed E-state index contributed by atoms with van der Waals surface area (Å²) in [6.45, 7) is 5.92. The summed E-state index contributed by atoms with van der Waals surface area (Å²) in [5.74, 6) is 0.932. The van der Waals surface area contributed by atoms with Crippen molar-refractivity contribution in [2.45, 2.75) is 52.2 Å². The van der Waals surface area contributed by atoms with Gasteiger partial charge in [-0.1, -0.05) is 26.7 Å². The summed E-state index contributed by atoms with van der Waals surface area (Å²) >= 11 is 0. The average molecular weight is 393 g/mol. The molecule has 0 unspecified atom stereocenters. The highest BCUT2D eigenvalue weighted by Gasteiger charge is 2.31. The van der Waals surface area contributed by atoms with Crippen LogP contribution >= 0.6 is 0 Å². The van der Waals surface area contributed by atoms with Crippen molar-refractivity contribution in [2.75, 3.05) is 21.3 Å². The molecule has 0 bridgehead atoms. The van der Waals surface area contributed by atoms with Crippen molar-refractivity contribution in [3.63, 3.8) is 0 Å². The van der Waals surface area contributed by atoms with Gasteiger partial charge in [-0.3, -0.25) is 4.79 Å². The SMILES string of the molecule is COc1ccc(C(=O)O[C@H](C)C(=O)N[C@@H]2CCC[C@H](C)[C@H]2C)c(OC)c1OC. The number of hydrogen-bond acceptors (Lipinski definition) is 6. The second-order valence-corrected chi connectivity index (χ2v) is 7.31. The topological polar surface area (TPSA) is 83.1 Å². The molecule has 0 spiro atoms. The van der Waals surface area contributed by atoms with Crippen LogP contribution in [0.2, 0.25) is 0 Å². The number of esters is 1. The van der Waals surface area contributed by atoms with Gasteiger partial charge >= 0.3 is 5.97 Å². The van der Waals surface area contributed by atoms with Crippen LogP contribution in [0.3, 0.4) is 0 Å². The quantitative estimate of drug-likeness (QED) is 0.717. The first-order valence-corrected chi connectivity index (χ1v) is 9.64. The second kappa shape index (κ2) is 9.66. The molecule has 1 fully saturated rings. The zero-order valence-electron chi connectivity index (χ0n) is 17.5. The first-order valence-electron chi connectivity index (χ1n) is 9.64. The third kappa shape index (κ3) is 4.69. The summed E-state index contributed by atoms with van der Waals surface area (Å²) < 4.78 is 21.2. The lowest BCUT2D eigenvalue weighted by atomic mass is 9.78. The normalized spacial score (nSPS) is 22.7. The van der Waals surface area contributed by atoms with E-state index in [0.29, 0.717) is 23.3 Å². The van der Waals surface area contributed by atoms with E-state index >= 15 is 0 Å². The molecule has 1 N–H and O–H groups in total. The van der Waals surface area contributed by atoms with Crippen molar-refractivity contribution in [3.05, 3.63) is 17.7 Å². The van der Waals surface area contributed by atoms with Crippen molar-refractivity contribution in [1.29, 1.82) is 0 Å². The number of amides is 1. The van der Waals surface area contributed by atoms with Crippen LogP contribution in [0.15, 0.2) is 12.1 Å². The van der Waals surface area contributed by atoms with Crippen molar-refractivity contribution >= 4 is 11.9 Å². The molecule has 0 heterocycles. The maximum absolute atomic E-state index is 12.6. The Bertz CT molecular complexity index is 704. The first-order chi connectivity index (χ1) is 13.3. The predicted molar refractivity (Wildman–Crippen MR) is 105 cm³/mol. The maximum atomic E-state index is 12.6. The number of carbonyl (C=O) groups is 2. The molecular formula is C21H31NO6. The van der Waals surface area contributed by atoms with E-state index in [1.165, 1.54) is 33.8 Å². The molecule has 0 aromatic heterocycles. The third-order valence-corrected chi connectivity index (χ3v) is 5.61. The molecule has 0 radical (unpaired) electrons. The molecule has 7 nitrogen and oxygen atoms in total. The number of benzene rings is 1. The molecule has 28 heavy (non-hydrogen) atoms. The van der Waals surface area contributed by atoms with Gasteiger partial charge in [0.05, 0.1) is 21.3 Å². The lowest BCUT2D eigenvalue weighted by Crippen LogP contribution is -2.47. The van der Waals surface area contributed by atoms with E-state index in [-0.39, 0.29) is 23.3 Å². The molecule has 1 aliphatic carbocycles. The summed E-state index contributed by atoms with van der Waals surface area (Å²) in [5.41, 5.74) is 0.166. The van der Waals surface area contributed by atoms with Gasteiger partial charge in [-0.15, -0.1) is 0 Å². The van der Waals surface area contributed by atoms with Crippen molar-refractivity contribution in [3.8, 4) is 17.2 Å². The Morgan fingerprint density at radius 2 is 1.71 bits per heavy atom. The van der Waals surface area contributed by atoms with E-state index in [1.54, 1.807) is 13.0 Å². The number of methoxy groups -OCH3 is 3. The van der Waals surface area contributed by atoms with Crippen molar-refractivity contribution in [2.24, 2.45) is 11.8 Å². The van der Waals surface area contributed by atoms with E-state index in [4.69, 9.17) is 18.9 Å². The van der Waals surface area contributed by atoms with Gasteiger partial charge in [0.1, 0.15) is 5.56 Å². The first kappa shape index (κ1) is 21.9. The Kier molecular flexibility index (Phi) is 7.54. The fourth-order valence-electron chi connectivity index (χ4n) is 3.63. The molecule has 1 amide bonds. The molecule has 1 aliphatic rings. The van der Waals surface area contributed by atoms with Crippen LogP contribution in [0, 0.1) is 11.8 Å². The minimum absolute atomic E-state index is 0.105. The van der Waals surface area contributed by atoms with Gasteiger partial charge in [-0.2, -0.15) is 0 Å². The van der Waals surface area contributed by atoms with Crippen LogP contribution < -0.4 is 19.5 Å². The van der Waals surface area contributed by atoms with Crippen LogP contribution in [0.5, 0.6) is 17.2 Å². The summed E-state index contributed by atoms with van der Waals surface area (Å²) in [7, 11) is 4.38. The highest BCUT2D eigenvalue weighted by Crippen LogP contribution is 2.40. The number of rotatable bonds is 7. The van der Waals surface area contributed by atoms with Crippen LogP contribution in [0.25, 0.3) is 0 Å². The average Bonchev–Trinajstić information content (AvgIpc) is 2.69. The highest BCUT2D eigenvalue weighted by molar-refractivity contribution is 5.96. The second-order valence-electron chi connectivity index (χ2n) is 7.31. The van der Waals surface area contributed by atoms with E-state index < -0.39 is 12.1 Å². The standard InChI is InChI=1S/C21H31NO6/c1-12-8-7-9-16(13(12)2)22-20(23)14(3)28-21(24)15-10-11-17(25-4)19(27-6)18(15)26-5/h10-14,16H,7-9H2,1-6H3,(H,22,23)/t12-,13+,14+,16+/m0/s1. The highest BCUT2D eigenvalue weighted by atomic mass is 16.6. The monoisotopic (exact) mass is 393 g/mol. The van der Waals surface area contributed by atoms with Gasteiger partial charge < -0.3 is 24.3 Å². The van der Waals surface area contributed by atoms with Crippen LogP contribution in [-0.4, -0.2) is 45.4 Å². The molecule has 4 atom stereocenters. The molecule has 0 aliphatic heterocycles. The van der Waals surface area contributed by atoms with Crippen LogP contribution in [0.1, 0.15) is 50.4 Å². The van der Waals surface area contributed by atoms with Crippen LogP contribution in [0.4, 0.5) is 0 Å². The smallest absolute Gasteiger partial charge is 0.342 e. The fraction of sp³-hybridized carbons (Fsp3) is 0.619. The zero-order valence-corrected chi connectivity index (χ0v) is 17.5. The Morgan fingerprint density at radius 1 is 1.04 bits per heavy atom. The van der Waals surface area contributed by atoms with Crippen molar-refractivity contribution < 1.29 is 28.5 Å². The molecule has 1 aromatic carbocycles. The van der Waals surface area contributed by atoms with E-state index in [1.807, 2.05) is 0 Å². The Labute approximate surface area is 166 Å². The molecule has 156 valence electrons. The Hall–Kier alpha value is -2.44. The lowest BCUT2D eigenvalue weighted by Gasteiger charge is -2.35. The zero-order chi connectivity index (χ0) is 20.8. The van der Waals surface area contributed by atoms with Gasteiger partial charge in [0.2, 0.25) is 5.75 Å². The molecule has 7 heteroatoms. The summed E-state index contributed by atoms with van der Waals surface area (Å²) in [6, 6.07) is 3.22. The van der Waals surface area contributed by atoms with Gasteiger partial charge in [-0.05, 0) is 37.3 Å². The van der Waals surface area contributed by atoms with Gasteiger partial charge in [0, 0.05) is 6.04 Å². The van der Waals surface area contributed by atoms with E-state index in [9.17, 15) is 9.59 Å². The minimum atomic E-state index is -0.922. The third-order valence-electron chi connectivity index (χ3n) is 5.61. The Balaban J connectivity index is 2.08.